The fourth-order valence-electron chi connectivity index (χ4n) is 4.42. The Hall–Kier alpha value is -2.51. The van der Waals surface area contributed by atoms with Gasteiger partial charge in [0.25, 0.3) is 5.56 Å². The van der Waals surface area contributed by atoms with Gasteiger partial charge in [-0.05, 0) is 39.2 Å². The SMILES string of the molecule is O=c1nc2n(c3c1CN(Cc1ccccc1)CC3)CCN2Cc1ccc(F)c(Br)c1. The van der Waals surface area contributed by atoms with E-state index in [1.54, 1.807) is 12.1 Å². The van der Waals surface area contributed by atoms with Gasteiger partial charge in [-0.1, -0.05) is 36.4 Å². The Morgan fingerprint density at radius 3 is 2.63 bits per heavy atom. The van der Waals surface area contributed by atoms with Crippen LogP contribution in [0.4, 0.5) is 10.3 Å². The minimum Gasteiger partial charge on any atom is -0.336 e. The van der Waals surface area contributed by atoms with Crippen LogP contribution in [0.15, 0.2) is 57.8 Å². The summed E-state index contributed by atoms with van der Waals surface area (Å²) in [6, 6.07) is 15.4. The third kappa shape index (κ3) is 3.68. The number of hydrogen-bond acceptors (Lipinski definition) is 4. The van der Waals surface area contributed by atoms with Crippen molar-refractivity contribution in [2.24, 2.45) is 0 Å². The lowest BCUT2D eigenvalue weighted by atomic mass is 10.1. The molecule has 7 heteroatoms. The van der Waals surface area contributed by atoms with Gasteiger partial charge in [0.1, 0.15) is 5.82 Å². The highest BCUT2D eigenvalue weighted by Crippen LogP contribution is 2.27. The quantitative estimate of drug-likeness (QED) is 0.584. The first-order chi connectivity index (χ1) is 14.6. The van der Waals surface area contributed by atoms with Crippen molar-refractivity contribution < 1.29 is 4.39 Å². The Labute approximate surface area is 182 Å². The highest BCUT2D eigenvalue weighted by atomic mass is 79.9. The summed E-state index contributed by atoms with van der Waals surface area (Å²) in [6.45, 7) is 4.63. The molecule has 0 saturated heterocycles. The smallest absolute Gasteiger partial charge is 0.279 e. The van der Waals surface area contributed by atoms with Crippen molar-refractivity contribution in [3.8, 4) is 0 Å². The first kappa shape index (κ1) is 19.5. The van der Waals surface area contributed by atoms with Crippen LogP contribution in [0.2, 0.25) is 0 Å². The minimum absolute atomic E-state index is 0.124. The van der Waals surface area contributed by atoms with E-state index in [0.717, 1.165) is 55.4 Å². The Morgan fingerprint density at radius 2 is 1.83 bits per heavy atom. The number of anilines is 1. The van der Waals surface area contributed by atoms with Crippen molar-refractivity contribution in [1.29, 1.82) is 0 Å². The molecule has 0 unspecified atom stereocenters. The van der Waals surface area contributed by atoms with Gasteiger partial charge in [-0.2, -0.15) is 4.98 Å². The van der Waals surface area contributed by atoms with Crippen LogP contribution in [0.5, 0.6) is 0 Å². The van der Waals surface area contributed by atoms with Crippen molar-refractivity contribution in [2.45, 2.75) is 32.6 Å². The van der Waals surface area contributed by atoms with Gasteiger partial charge in [-0.3, -0.25) is 9.69 Å². The average Bonchev–Trinajstić information content (AvgIpc) is 3.14. The molecule has 0 aliphatic carbocycles. The molecule has 3 heterocycles. The van der Waals surface area contributed by atoms with Crippen LogP contribution in [-0.4, -0.2) is 27.5 Å². The number of fused-ring (bicyclic) bond motifs is 3. The number of rotatable bonds is 4. The van der Waals surface area contributed by atoms with Gasteiger partial charge in [-0.25, -0.2) is 4.39 Å². The third-order valence-electron chi connectivity index (χ3n) is 5.90. The topological polar surface area (TPSA) is 41.4 Å². The molecule has 2 aromatic carbocycles. The summed E-state index contributed by atoms with van der Waals surface area (Å²) in [5.41, 5.74) is 4.06. The molecule has 0 amide bonds. The van der Waals surface area contributed by atoms with E-state index in [1.807, 2.05) is 18.2 Å². The molecule has 3 aromatic rings. The molecule has 0 spiro atoms. The molecule has 0 bridgehead atoms. The van der Waals surface area contributed by atoms with E-state index < -0.39 is 0 Å². The number of nitrogens with zero attached hydrogens (tertiary/aromatic N) is 4. The molecule has 2 aliphatic rings. The zero-order chi connectivity index (χ0) is 20.7. The van der Waals surface area contributed by atoms with Crippen LogP contribution in [0.1, 0.15) is 22.4 Å². The zero-order valence-electron chi connectivity index (χ0n) is 16.5. The summed E-state index contributed by atoms with van der Waals surface area (Å²) in [5.74, 6) is 0.458. The van der Waals surface area contributed by atoms with Crippen molar-refractivity contribution in [3.63, 3.8) is 0 Å². The maximum absolute atomic E-state index is 13.5. The molecule has 5 nitrogen and oxygen atoms in total. The fourth-order valence-corrected chi connectivity index (χ4v) is 4.85. The third-order valence-corrected chi connectivity index (χ3v) is 6.51. The van der Waals surface area contributed by atoms with Gasteiger partial charge in [0.05, 0.1) is 10.0 Å². The second-order valence-electron chi connectivity index (χ2n) is 7.91. The Balaban J connectivity index is 1.39. The largest absolute Gasteiger partial charge is 0.336 e. The van der Waals surface area contributed by atoms with Crippen molar-refractivity contribution in [2.75, 3.05) is 18.0 Å². The molecule has 30 heavy (non-hydrogen) atoms. The first-order valence-electron chi connectivity index (χ1n) is 10.2. The maximum Gasteiger partial charge on any atom is 0.279 e. The summed E-state index contributed by atoms with van der Waals surface area (Å²) < 4.78 is 16.2. The maximum atomic E-state index is 13.5. The van der Waals surface area contributed by atoms with Gasteiger partial charge in [0.15, 0.2) is 0 Å². The molecule has 0 atom stereocenters. The first-order valence-corrected chi connectivity index (χ1v) is 11.0. The molecule has 1 aromatic heterocycles. The van der Waals surface area contributed by atoms with Gasteiger partial charge >= 0.3 is 0 Å². The number of aromatic nitrogens is 2. The monoisotopic (exact) mass is 468 g/mol. The van der Waals surface area contributed by atoms with Crippen molar-refractivity contribution in [3.05, 3.63) is 91.6 Å². The lowest BCUT2D eigenvalue weighted by Crippen LogP contribution is -2.37. The van der Waals surface area contributed by atoms with Crippen LogP contribution in [-0.2, 0) is 32.6 Å². The summed E-state index contributed by atoms with van der Waals surface area (Å²) in [7, 11) is 0. The molecule has 2 aliphatic heterocycles. The second-order valence-corrected chi connectivity index (χ2v) is 8.76. The van der Waals surface area contributed by atoms with Crippen molar-refractivity contribution >= 4 is 21.9 Å². The van der Waals surface area contributed by atoms with E-state index in [4.69, 9.17) is 0 Å². The van der Waals surface area contributed by atoms with Gasteiger partial charge in [0, 0.05) is 51.4 Å². The molecule has 0 saturated carbocycles. The zero-order valence-corrected chi connectivity index (χ0v) is 18.1. The predicted molar refractivity (Wildman–Crippen MR) is 118 cm³/mol. The van der Waals surface area contributed by atoms with Crippen LogP contribution in [0.25, 0.3) is 0 Å². The summed E-state index contributed by atoms with van der Waals surface area (Å²) in [5, 5.41) is 0. The minimum atomic E-state index is -0.274. The molecule has 0 N–H and O–H groups in total. The van der Waals surface area contributed by atoms with Gasteiger partial charge in [0.2, 0.25) is 5.95 Å². The van der Waals surface area contributed by atoms with E-state index in [1.165, 1.54) is 11.6 Å². The Kier molecular flexibility index (Phi) is 5.16. The molecule has 154 valence electrons. The van der Waals surface area contributed by atoms with Crippen LogP contribution >= 0.6 is 15.9 Å². The summed E-state index contributed by atoms with van der Waals surface area (Å²) >= 11 is 3.25. The van der Waals surface area contributed by atoms with E-state index >= 15 is 0 Å². The lowest BCUT2D eigenvalue weighted by Gasteiger charge is -2.30. The second kappa shape index (κ2) is 7.96. The lowest BCUT2D eigenvalue weighted by molar-refractivity contribution is 0.239. The van der Waals surface area contributed by atoms with E-state index in [9.17, 15) is 9.18 Å². The highest BCUT2D eigenvalue weighted by Gasteiger charge is 2.29. The number of benzene rings is 2. The van der Waals surface area contributed by atoms with Crippen LogP contribution in [0, 0.1) is 5.82 Å². The highest BCUT2D eigenvalue weighted by molar-refractivity contribution is 9.10. The van der Waals surface area contributed by atoms with Crippen LogP contribution < -0.4 is 10.5 Å². The predicted octanol–water partition coefficient (Wildman–Crippen LogP) is 3.72. The standard InChI is InChI=1S/C23H22BrFN4O/c24-19-12-17(6-7-20(19)25)14-28-10-11-29-21-8-9-27(13-16-4-2-1-3-5-16)15-18(21)22(30)26-23(28)29/h1-7,12H,8-11,13-15H2. The van der Waals surface area contributed by atoms with Gasteiger partial charge in [-0.15, -0.1) is 0 Å². The number of hydrogen-bond donors (Lipinski definition) is 0. The summed E-state index contributed by atoms with van der Waals surface area (Å²) in [6.07, 6.45) is 0.850. The van der Waals surface area contributed by atoms with Gasteiger partial charge < -0.3 is 9.47 Å². The molecule has 0 radical (unpaired) electrons. The van der Waals surface area contributed by atoms with E-state index in [0.29, 0.717) is 17.6 Å². The fraction of sp³-hybridized carbons (Fsp3) is 0.304. The normalized spacial score (nSPS) is 15.9. The average molecular weight is 469 g/mol. The Morgan fingerprint density at radius 1 is 1.00 bits per heavy atom. The molecule has 0 fully saturated rings. The van der Waals surface area contributed by atoms with Crippen molar-refractivity contribution in [1.82, 2.24) is 14.5 Å². The molecular weight excluding hydrogens is 447 g/mol. The van der Waals surface area contributed by atoms with Crippen LogP contribution in [0.3, 0.4) is 0 Å². The Bertz CT molecular complexity index is 1150. The van der Waals surface area contributed by atoms with E-state index in [-0.39, 0.29) is 11.4 Å². The number of halogens is 2. The summed E-state index contributed by atoms with van der Waals surface area (Å²) in [4.78, 5) is 21.8. The molecular formula is C23H22BrFN4O. The molecule has 5 rings (SSSR count). The van der Waals surface area contributed by atoms with E-state index in [2.05, 4.69) is 47.4 Å².